The maximum atomic E-state index is 5.16. The molecule has 0 atom stereocenters. The van der Waals surface area contributed by atoms with Crippen LogP contribution in [0, 0.1) is 0 Å². The zero-order valence-corrected chi connectivity index (χ0v) is 25.1. The molecule has 2 heteroatoms. The van der Waals surface area contributed by atoms with Gasteiger partial charge >= 0.3 is 0 Å². The summed E-state index contributed by atoms with van der Waals surface area (Å²) in [5.41, 5.74) is 10.2. The number of hydrogen-bond donors (Lipinski definition) is 0. The second kappa shape index (κ2) is 10.8. The molecular formula is C44H28N2. The predicted octanol–water partition coefficient (Wildman–Crippen LogP) is 11.8. The molecule has 46 heavy (non-hydrogen) atoms. The van der Waals surface area contributed by atoms with Crippen LogP contribution in [0.2, 0.25) is 0 Å². The molecule has 2 heterocycles. The van der Waals surface area contributed by atoms with E-state index < -0.39 is 0 Å². The van der Waals surface area contributed by atoms with Gasteiger partial charge in [-0.1, -0.05) is 140 Å². The van der Waals surface area contributed by atoms with Gasteiger partial charge in [-0.25, -0.2) is 4.98 Å². The third kappa shape index (κ3) is 4.35. The molecule has 0 aliphatic carbocycles. The van der Waals surface area contributed by atoms with Gasteiger partial charge in [0.05, 0.1) is 11.2 Å². The molecule has 9 aromatic rings. The SMILES string of the molecule is c1ccc(-c2cc(-c3cccc(-c4ccc(-c5cncc6ccccc56)c5ccccc45)c3)c3c(ccc4ccccc43)n2)cc1. The first-order valence-corrected chi connectivity index (χ1v) is 15.7. The number of rotatable bonds is 4. The molecule has 214 valence electrons. The zero-order chi connectivity index (χ0) is 30.5. The second-order valence-corrected chi connectivity index (χ2v) is 11.8. The van der Waals surface area contributed by atoms with Crippen LogP contribution in [0.15, 0.2) is 170 Å². The molecule has 2 aromatic heterocycles. The minimum atomic E-state index is 0.974. The lowest BCUT2D eigenvalue weighted by Crippen LogP contribution is -1.92. The first-order valence-electron chi connectivity index (χ1n) is 15.7. The van der Waals surface area contributed by atoms with Gasteiger partial charge in [-0.05, 0) is 72.9 Å². The van der Waals surface area contributed by atoms with Crippen LogP contribution in [0.25, 0.3) is 87.9 Å². The number of nitrogens with zero attached hydrogens (tertiary/aromatic N) is 2. The lowest BCUT2D eigenvalue weighted by Gasteiger charge is -2.16. The van der Waals surface area contributed by atoms with Crippen LogP contribution in [0.4, 0.5) is 0 Å². The zero-order valence-electron chi connectivity index (χ0n) is 25.1. The molecule has 0 amide bonds. The fraction of sp³-hybridized carbons (Fsp3) is 0. The van der Waals surface area contributed by atoms with Gasteiger partial charge in [-0.15, -0.1) is 0 Å². The topological polar surface area (TPSA) is 25.8 Å². The quantitative estimate of drug-likeness (QED) is 0.192. The summed E-state index contributed by atoms with van der Waals surface area (Å²) in [5, 5.41) is 8.40. The van der Waals surface area contributed by atoms with Crippen LogP contribution in [0.3, 0.4) is 0 Å². The highest BCUT2D eigenvalue weighted by Crippen LogP contribution is 2.41. The van der Waals surface area contributed by atoms with Crippen molar-refractivity contribution in [2.24, 2.45) is 0 Å². The van der Waals surface area contributed by atoms with Crippen molar-refractivity contribution in [1.82, 2.24) is 9.97 Å². The monoisotopic (exact) mass is 584 g/mol. The highest BCUT2D eigenvalue weighted by Gasteiger charge is 2.15. The van der Waals surface area contributed by atoms with E-state index in [1.165, 1.54) is 60.1 Å². The Morgan fingerprint density at radius 3 is 1.80 bits per heavy atom. The maximum Gasteiger partial charge on any atom is 0.0722 e. The summed E-state index contributed by atoms with van der Waals surface area (Å²) in [6, 6.07) is 56.4. The van der Waals surface area contributed by atoms with E-state index >= 15 is 0 Å². The minimum Gasteiger partial charge on any atom is -0.263 e. The average molecular weight is 585 g/mol. The van der Waals surface area contributed by atoms with Gasteiger partial charge in [-0.2, -0.15) is 0 Å². The van der Waals surface area contributed by atoms with Crippen molar-refractivity contribution in [3.8, 4) is 44.6 Å². The molecule has 0 aliphatic rings. The Hall–Kier alpha value is -6.12. The molecule has 0 saturated carbocycles. The number of benzene rings is 7. The molecule has 0 unspecified atom stereocenters. The van der Waals surface area contributed by atoms with Crippen molar-refractivity contribution in [2.75, 3.05) is 0 Å². The summed E-state index contributed by atoms with van der Waals surface area (Å²) in [7, 11) is 0. The van der Waals surface area contributed by atoms with Crippen molar-refractivity contribution in [2.45, 2.75) is 0 Å². The van der Waals surface area contributed by atoms with Gasteiger partial charge in [0.25, 0.3) is 0 Å². The Bertz CT molecular complexity index is 2580. The number of pyridine rings is 2. The average Bonchev–Trinajstić information content (AvgIpc) is 3.14. The van der Waals surface area contributed by atoms with Crippen molar-refractivity contribution < 1.29 is 0 Å². The molecule has 0 aliphatic heterocycles. The third-order valence-corrected chi connectivity index (χ3v) is 9.13. The van der Waals surface area contributed by atoms with E-state index in [4.69, 9.17) is 4.98 Å². The summed E-state index contributed by atoms with van der Waals surface area (Å²) in [5.74, 6) is 0. The molecule has 0 saturated heterocycles. The normalized spacial score (nSPS) is 11.5. The minimum absolute atomic E-state index is 0.974. The lowest BCUT2D eigenvalue weighted by atomic mass is 9.89. The molecule has 0 spiro atoms. The van der Waals surface area contributed by atoms with E-state index in [0.29, 0.717) is 0 Å². The molecule has 0 radical (unpaired) electrons. The van der Waals surface area contributed by atoms with Crippen molar-refractivity contribution in [3.05, 3.63) is 170 Å². The van der Waals surface area contributed by atoms with Crippen LogP contribution in [-0.4, -0.2) is 9.97 Å². The van der Waals surface area contributed by atoms with Crippen LogP contribution in [0.1, 0.15) is 0 Å². The van der Waals surface area contributed by atoms with Gasteiger partial charge in [0.15, 0.2) is 0 Å². The third-order valence-electron chi connectivity index (χ3n) is 9.13. The molecule has 0 fully saturated rings. The van der Waals surface area contributed by atoms with Crippen molar-refractivity contribution in [3.63, 3.8) is 0 Å². The first kappa shape index (κ1) is 26.3. The molecular weight excluding hydrogens is 556 g/mol. The second-order valence-electron chi connectivity index (χ2n) is 11.8. The molecule has 7 aromatic carbocycles. The summed E-state index contributed by atoms with van der Waals surface area (Å²) in [6.07, 6.45) is 3.93. The van der Waals surface area contributed by atoms with Crippen LogP contribution < -0.4 is 0 Å². The smallest absolute Gasteiger partial charge is 0.0722 e. The molecule has 0 N–H and O–H groups in total. The Balaban J connectivity index is 1.26. The van der Waals surface area contributed by atoms with E-state index in [1.54, 1.807) is 0 Å². The fourth-order valence-corrected chi connectivity index (χ4v) is 6.96. The summed E-state index contributed by atoms with van der Waals surface area (Å²) in [4.78, 5) is 9.75. The maximum absolute atomic E-state index is 5.16. The summed E-state index contributed by atoms with van der Waals surface area (Å²) in [6.45, 7) is 0. The van der Waals surface area contributed by atoms with Crippen LogP contribution in [0.5, 0.6) is 0 Å². The summed E-state index contributed by atoms with van der Waals surface area (Å²) < 4.78 is 0. The van der Waals surface area contributed by atoms with Crippen LogP contribution >= 0.6 is 0 Å². The standard InChI is InChI=1S/C44H28N2/c1-2-12-30(13-3-1)43-26-40(44-36-18-7-4-11-29(36)21-24-42(44)46-43)32-16-10-15-31(25-32)35-22-23-39(38-20-9-8-19-37(35)38)41-28-45-27-33-14-5-6-17-34(33)41/h1-28H. The first-order chi connectivity index (χ1) is 22.8. The molecule has 9 rings (SSSR count). The van der Waals surface area contributed by atoms with Crippen molar-refractivity contribution in [1.29, 1.82) is 0 Å². The van der Waals surface area contributed by atoms with E-state index in [1.807, 2.05) is 12.4 Å². The predicted molar refractivity (Wildman–Crippen MR) is 194 cm³/mol. The number of aromatic nitrogens is 2. The van der Waals surface area contributed by atoms with Gasteiger partial charge in [0.1, 0.15) is 0 Å². The van der Waals surface area contributed by atoms with E-state index in [0.717, 1.165) is 27.7 Å². The van der Waals surface area contributed by atoms with Gasteiger partial charge < -0.3 is 0 Å². The van der Waals surface area contributed by atoms with Gasteiger partial charge in [-0.3, -0.25) is 4.98 Å². The number of hydrogen-bond acceptors (Lipinski definition) is 2. The van der Waals surface area contributed by atoms with E-state index in [9.17, 15) is 0 Å². The Morgan fingerprint density at radius 2 is 0.978 bits per heavy atom. The largest absolute Gasteiger partial charge is 0.263 e. The van der Waals surface area contributed by atoms with E-state index in [-0.39, 0.29) is 0 Å². The lowest BCUT2D eigenvalue weighted by molar-refractivity contribution is 1.36. The van der Waals surface area contributed by atoms with Crippen LogP contribution in [-0.2, 0) is 0 Å². The molecule has 0 bridgehead atoms. The highest BCUT2D eigenvalue weighted by molar-refractivity contribution is 6.14. The van der Waals surface area contributed by atoms with E-state index in [2.05, 4.69) is 163 Å². The Kier molecular flexibility index (Phi) is 6.17. The Morgan fingerprint density at radius 1 is 0.348 bits per heavy atom. The van der Waals surface area contributed by atoms with Crippen molar-refractivity contribution >= 4 is 43.2 Å². The Labute approximate surface area is 267 Å². The summed E-state index contributed by atoms with van der Waals surface area (Å²) >= 11 is 0. The number of fused-ring (bicyclic) bond motifs is 5. The highest BCUT2D eigenvalue weighted by atomic mass is 14.7. The van der Waals surface area contributed by atoms with Gasteiger partial charge in [0.2, 0.25) is 0 Å². The fourth-order valence-electron chi connectivity index (χ4n) is 6.96. The van der Waals surface area contributed by atoms with Gasteiger partial charge in [0, 0.05) is 34.3 Å². The molecule has 2 nitrogen and oxygen atoms in total.